The third-order valence-electron chi connectivity index (χ3n) is 2.91. The van der Waals surface area contributed by atoms with Crippen LogP contribution in [0.25, 0.3) is 0 Å². The van der Waals surface area contributed by atoms with E-state index in [-0.39, 0.29) is 18.1 Å². The van der Waals surface area contributed by atoms with Crippen molar-refractivity contribution in [3.63, 3.8) is 0 Å². The Morgan fingerprint density at radius 3 is 2.37 bits per heavy atom. The van der Waals surface area contributed by atoms with Gasteiger partial charge in [-0.25, -0.2) is 4.79 Å². The summed E-state index contributed by atoms with van der Waals surface area (Å²) in [4.78, 5) is 23.6. The van der Waals surface area contributed by atoms with E-state index in [9.17, 15) is 9.59 Å². The van der Waals surface area contributed by atoms with Gasteiger partial charge in [0.2, 0.25) is 5.91 Å². The lowest BCUT2D eigenvalue weighted by Gasteiger charge is -2.05. The first kappa shape index (κ1) is 13.1. The highest BCUT2D eigenvalue weighted by Gasteiger charge is 2.07. The molecule has 0 aliphatic carbocycles. The van der Waals surface area contributed by atoms with Crippen LogP contribution in [-0.4, -0.2) is 15.0 Å². The Balaban J connectivity index is 2.03. The van der Waals surface area contributed by atoms with Crippen LogP contribution in [0.5, 0.6) is 0 Å². The topological polar surface area (TPSA) is 56.0 Å². The van der Waals surface area contributed by atoms with Crippen molar-refractivity contribution in [2.24, 2.45) is 0 Å². The third kappa shape index (κ3) is 3.13. The minimum atomic E-state index is -0.209. The number of carbonyl (C=O) groups is 1. The summed E-state index contributed by atoms with van der Waals surface area (Å²) in [6.45, 7) is 4.50. The van der Waals surface area contributed by atoms with Gasteiger partial charge < -0.3 is 5.32 Å². The van der Waals surface area contributed by atoms with Crippen LogP contribution in [-0.2, 0) is 17.9 Å². The van der Waals surface area contributed by atoms with Gasteiger partial charge in [-0.05, 0) is 26.0 Å². The summed E-state index contributed by atoms with van der Waals surface area (Å²) >= 11 is 0. The molecular formula is C14H17N3O2. The highest BCUT2D eigenvalue weighted by Crippen LogP contribution is 2.08. The number of hydrogen-bond acceptors (Lipinski definition) is 2. The van der Waals surface area contributed by atoms with E-state index >= 15 is 0 Å². The summed E-state index contributed by atoms with van der Waals surface area (Å²) in [6, 6.07) is 7.53. The summed E-state index contributed by atoms with van der Waals surface area (Å²) in [5, 5.41) is 2.76. The number of carbonyl (C=O) groups excluding carboxylic acids is 1. The van der Waals surface area contributed by atoms with Gasteiger partial charge in [0.15, 0.2) is 0 Å². The van der Waals surface area contributed by atoms with Crippen molar-refractivity contribution in [3.8, 4) is 0 Å². The molecule has 1 amide bonds. The zero-order chi connectivity index (χ0) is 13.8. The van der Waals surface area contributed by atoms with Gasteiger partial charge in [-0.15, -0.1) is 0 Å². The molecule has 100 valence electrons. The van der Waals surface area contributed by atoms with E-state index < -0.39 is 0 Å². The van der Waals surface area contributed by atoms with Crippen molar-refractivity contribution in [3.05, 3.63) is 52.7 Å². The van der Waals surface area contributed by atoms with Crippen LogP contribution in [0.2, 0.25) is 0 Å². The maximum absolute atomic E-state index is 11.8. The van der Waals surface area contributed by atoms with Crippen molar-refractivity contribution in [2.75, 3.05) is 5.32 Å². The second kappa shape index (κ2) is 5.56. The second-order valence-electron chi connectivity index (χ2n) is 4.41. The molecule has 0 atom stereocenters. The molecule has 1 aromatic carbocycles. The van der Waals surface area contributed by atoms with E-state index in [0.29, 0.717) is 6.54 Å². The van der Waals surface area contributed by atoms with E-state index in [2.05, 4.69) is 5.32 Å². The van der Waals surface area contributed by atoms with Crippen LogP contribution >= 0.6 is 0 Å². The van der Waals surface area contributed by atoms with Crippen LogP contribution < -0.4 is 11.0 Å². The van der Waals surface area contributed by atoms with Gasteiger partial charge in [0.25, 0.3) is 0 Å². The van der Waals surface area contributed by atoms with Gasteiger partial charge in [-0.1, -0.05) is 17.7 Å². The number of nitrogens with one attached hydrogen (secondary N) is 1. The minimum absolute atomic E-state index is 0.0275. The molecule has 19 heavy (non-hydrogen) atoms. The molecule has 5 nitrogen and oxygen atoms in total. The van der Waals surface area contributed by atoms with Crippen molar-refractivity contribution in [1.29, 1.82) is 0 Å². The van der Waals surface area contributed by atoms with Gasteiger partial charge in [0.05, 0.1) is 0 Å². The molecule has 2 rings (SSSR count). The van der Waals surface area contributed by atoms with E-state index in [4.69, 9.17) is 0 Å². The fourth-order valence-corrected chi connectivity index (χ4v) is 1.81. The Bertz CT molecular complexity index is 623. The summed E-state index contributed by atoms with van der Waals surface area (Å²) in [6.07, 6.45) is 3.31. The SMILES string of the molecule is CCn1ccn(CC(=O)Nc2ccc(C)cc2)c1=O. The van der Waals surface area contributed by atoms with Gasteiger partial charge in [-0.2, -0.15) is 0 Å². The van der Waals surface area contributed by atoms with Gasteiger partial charge >= 0.3 is 5.69 Å². The lowest BCUT2D eigenvalue weighted by molar-refractivity contribution is -0.116. The smallest absolute Gasteiger partial charge is 0.325 e. The zero-order valence-corrected chi connectivity index (χ0v) is 11.1. The molecule has 2 aromatic rings. The van der Waals surface area contributed by atoms with Crippen LogP contribution in [0, 0.1) is 6.92 Å². The molecule has 1 heterocycles. The van der Waals surface area contributed by atoms with Gasteiger partial charge in [0, 0.05) is 24.6 Å². The van der Waals surface area contributed by atoms with Crippen molar-refractivity contribution in [2.45, 2.75) is 26.9 Å². The van der Waals surface area contributed by atoms with Crippen molar-refractivity contribution in [1.82, 2.24) is 9.13 Å². The Hall–Kier alpha value is -2.30. The number of amides is 1. The average molecular weight is 259 g/mol. The maximum atomic E-state index is 11.8. The number of imidazole rings is 1. The molecule has 1 N–H and O–H groups in total. The summed E-state index contributed by atoms with van der Waals surface area (Å²) < 4.78 is 2.95. The normalized spacial score (nSPS) is 10.4. The lowest BCUT2D eigenvalue weighted by Crippen LogP contribution is -2.28. The molecule has 1 aromatic heterocycles. The fraction of sp³-hybridized carbons (Fsp3) is 0.286. The van der Waals surface area contributed by atoms with E-state index in [0.717, 1.165) is 11.3 Å². The van der Waals surface area contributed by atoms with Crippen molar-refractivity contribution < 1.29 is 4.79 Å². The van der Waals surface area contributed by atoms with Crippen LogP contribution in [0.3, 0.4) is 0 Å². The molecule has 0 bridgehead atoms. The van der Waals surface area contributed by atoms with E-state index in [1.54, 1.807) is 17.0 Å². The quantitative estimate of drug-likeness (QED) is 0.907. The van der Waals surface area contributed by atoms with E-state index in [1.807, 2.05) is 38.1 Å². The number of nitrogens with zero attached hydrogens (tertiary/aromatic N) is 2. The third-order valence-corrected chi connectivity index (χ3v) is 2.91. The Morgan fingerprint density at radius 1 is 1.16 bits per heavy atom. The second-order valence-corrected chi connectivity index (χ2v) is 4.41. The average Bonchev–Trinajstić information content (AvgIpc) is 2.73. The molecule has 0 aliphatic heterocycles. The van der Waals surface area contributed by atoms with Crippen molar-refractivity contribution >= 4 is 11.6 Å². The number of benzene rings is 1. The molecular weight excluding hydrogens is 242 g/mol. The zero-order valence-electron chi connectivity index (χ0n) is 11.1. The number of aromatic nitrogens is 2. The maximum Gasteiger partial charge on any atom is 0.328 e. The molecule has 0 spiro atoms. The fourth-order valence-electron chi connectivity index (χ4n) is 1.81. The molecule has 0 radical (unpaired) electrons. The molecule has 0 aliphatic rings. The Morgan fingerprint density at radius 2 is 1.79 bits per heavy atom. The predicted octanol–water partition coefficient (Wildman–Crippen LogP) is 1.62. The first-order chi connectivity index (χ1) is 9.10. The number of hydrogen-bond donors (Lipinski definition) is 1. The highest BCUT2D eigenvalue weighted by molar-refractivity contribution is 5.90. The van der Waals surface area contributed by atoms with Gasteiger partial charge in [-0.3, -0.25) is 13.9 Å². The van der Waals surface area contributed by atoms with Gasteiger partial charge in [0.1, 0.15) is 6.54 Å². The lowest BCUT2D eigenvalue weighted by atomic mass is 10.2. The predicted molar refractivity (Wildman–Crippen MR) is 74.2 cm³/mol. The Labute approximate surface area is 111 Å². The summed E-state index contributed by atoms with van der Waals surface area (Å²) in [7, 11) is 0. The molecule has 0 saturated heterocycles. The minimum Gasteiger partial charge on any atom is -0.325 e. The molecule has 0 saturated carbocycles. The van der Waals surface area contributed by atoms with Crippen LogP contribution in [0.4, 0.5) is 5.69 Å². The van der Waals surface area contributed by atoms with Crippen LogP contribution in [0.15, 0.2) is 41.5 Å². The van der Waals surface area contributed by atoms with E-state index in [1.165, 1.54) is 4.57 Å². The van der Waals surface area contributed by atoms with Crippen LogP contribution in [0.1, 0.15) is 12.5 Å². The number of aryl methyl sites for hydroxylation is 2. The highest BCUT2D eigenvalue weighted by atomic mass is 16.2. The summed E-state index contributed by atoms with van der Waals surface area (Å²) in [5.41, 5.74) is 1.70. The Kier molecular flexibility index (Phi) is 3.85. The molecule has 0 fully saturated rings. The summed E-state index contributed by atoms with van der Waals surface area (Å²) in [5.74, 6) is -0.209. The standard InChI is InChI=1S/C14H17N3O2/c1-3-16-8-9-17(14(16)19)10-13(18)15-12-6-4-11(2)5-7-12/h4-9H,3,10H2,1-2H3,(H,15,18). The number of anilines is 1. The first-order valence-electron chi connectivity index (χ1n) is 6.22. The monoisotopic (exact) mass is 259 g/mol. The molecule has 0 unspecified atom stereocenters. The molecule has 5 heteroatoms. The first-order valence-corrected chi connectivity index (χ1v) is 6.22. The number of rotatable bonds is 4. The largest absolute Gasteiger partial charge is 0.328 e.